The van der Waals surface area contributed by atoms with Crippen LogP contribution in [0, 0.1) is 109 Å². The molecule has 16 rings (SSSR count). The predicted octanol–water partition coefficient (Wildman–Crippen LogP) is 19.8. The molecule has 0 saturated heterocycles. The van der Waals surface area contributed by atoms with Crippen LogP contribution in [0.5, 0.6) is 0 Å². The summed E-state index contributed by atoms with van der Waals surface area (Å²) in [5.74, 6) is 6.74. The van der Waals surface area contributed by atoms with Gasteiger partial charge < -0.3 is 72.1 Å². The number of anilines is 11. The van der Waals surface area contributed by atoms with Gasteiger partial charge in [0.05, 0.1) is 84.6 Å². The number of terminal acetylenes is 1. The van der Waals surface area contributed by atoms with E-state index in [0.717, 1.165) is 160 Å². The van der Waals surface area contributed by atoms with Crippen LogP contribution in [0.15, 0.2) is 210 Å². The van der Waals surface area contributed by atoms with Crippen molar-refractivity contribution in [3.63, 3.8) is 0 Å². The highest BCUT2D eigenvalue weighted by molar-refractivity contribution is 7.89. The number of allylic oxidation sites excluding steroid dienone is 2. The van der Waals surface area contributed by atoms with Crippen LogP contribution in [0.25, 0.3) is 67.5 Å². The predicted molar refractivity (Wildman–Crippen MR) is 585 cm³/mol. The molecule has 0 aliphatic heterocycles. The van der Waals surface area contributed by atoms with Crippen molar-refractivity contribution in [2.45, 2.75) is 151 Å². The Bertz CT molecular complexity index is 7460. The fourth-order valence-electron chi connectivity index (χ4n) is 15.1. The van der Waals surface area contributed by atoms with Crippen molar-refractivity contribution in [2.24, 2.45) is 10.9 Å². The molecule has 33 nitrogen and oxygen atoms in total. The Hall–Kier alpha value is -16.5. The van der Waals surface area contributed by atoms with Gasteiger partial charge in [0.15, 0.2) is 5.15 Å². The van der Waals surface area contributed by atoms with Gasteiger partial charge in [-0.25, -0.2) is 52.8 Å². The molecule has 1 fully saturated rings. The average molecular weight is 2040 g/mol. The molecule has 0 radical (unpaired) electrons. The van der Waals surface area contributed by atoms with Crippen molar-refractivity contribution in [1.29, 1.82) is 15.9 Å². The fourth-order valence-corrected chi connectivity index (χ4v) is 16.2. The number of nitrogen functional groups attached to an aromatic ring is 6. The third-order valence-electron chi connectivity index (χ3n) is 23.4. The monoisotopic (exact) mass is 2040 g/mol. The smallest absolute Gasteiger partial charge is 0.238 e. The van der Waals surface area contributed by atoms with Gasteiger partial charge in [0.1, 0.15) is 34.9 Å². The molecule has 8 aromatic heterocycles. The summed E-state index contributed by atoms with van der Waals surface area (Å²) in [6, 6.07) is 62.2. The number of nitrogens with one attached hydrogen (secondary N) is 6. The van der Waals surface area contributed by atoms with Crippen LogP contribution < -0.4 is 71.9 Å². The number of hydrogen-bond donors (Lipinski definition) is 14. The number of pyridine rings is 1. The number of rotatable bonds is 30. The maximum Gasteiger partial charge on any atom is 0.238 e. The maximum absolute atomic E-state index is 13.7. The summed E-state index contributed by atoms with van der Waals surface area (Å²) in [6.45, 7) is 23.9. The first-order chi connectivity index (χ1) is 69.8. The van der Waals surface area contributed by atoms with E-state index in [1.54, 1.807) is 86.8 Å². The molecule has 22 N–H and O–H groups in total. The minimum absolute atomic E-state index is 0.0763. The molecule has 15 aromatic rings. The molecule has 0 amide bonds. The number of nitrogens with zero attached hydrogens (tertiary/aromatic N) is 17. The number of nitriles is 2. The average Bonchev–Trinajstić information content (AvgIpc) is 0.974. The summed E-state index contributed by atoms with van der Waals surface area (Å²) >= 11 is 17.9. The standard InChI is InChI=1S/C21H22N6.C20H22FN5O2S.C20H27N5.C19H21ClN6.C15H15N5.C13H10Cl2N4/c1-14-5-3-7-18(15(14)2)19-12-20(27-21(23)26-19)25-9-4-6-17-11-16(13-22)8-10-24-17;1-12-10-17(21)13(2)9-16(12)18-11-19(26-20(22)25-18)24-8-7-14-3-5-15(6-4-14)29(23,27)28;1-12-7-5-9-17(13(12)2)19-11-16(24-20(23)25-19)8-6-10-18(14(3)21)15(4)22;1-12-5-3-7-15(13(12)2)16-11-18(24-19(21)23-16)22-10-4-6-14-8-9-17(20)26-25-14;1-9-10(8-16)3-2-4-12(9)13-7-14(18-11-5-6-11)20-15(17)19-13;1-2-6-17-11-7-10(18-13(16)19-11)8-4-3-5-9(14)12(8)15/h3,5,7-8,10-12H,4,6,9H2,1-2H3,(H3,23,25,26,27);3-6,9-11H,7-8H2,1-2H3,(H2,23,27,28)(H3,22,24,25,26);5,7,9,11,21H,6,8,10,22H2,1-4H3,(H2,23,24,25);3,5,7-9,11H,4,6,10H2,1-2H3,(H3,21,22,23,24);2-4,7,11H,5-6H2,1H3,(H3,17,18,19,20);1,3-5,7H,6H2,(H3,16,17,18,19)/b;;18-15-,21-14?;;;. The number of sulfonamides is 1. The molecule has 146 heavy (non-hydrogen) atoms. The molecule has 750 valence electrons. The summed E-state index contributed by atoms with van der Waals surface area (Å²) in [5.41, 5.74) is 67.5. The normalized spacial score (nSPS) is 11.3. The summed E-state index contributed by atoms with van der Waals surface area (Å²) in [4.78, 5) is 55.6. The van der Waals surface area contributed by atoms with Gasteiger partial charge in [-0.1, -0.05) is 132 Å². The lowest BCUT2D eigenvalue weighted by molar-refractivity contribution is 0.597. The van der Waals surface area contributed by atoms with Crippen molar-refractivity contribution in [3.8, 4) is 92.0 Å². The Kier molecular flexibility index (Phi) is 39.5. The second-order valence-electron chi connectivity index (χ2n) is 34.5. The van der Waals surface area contributed by atoms with E-state index in [9.17, 15) is 12.8 Å². The van der Waals surface area contributed by atoms with E-state index in [1.807, 2.05) is 99.6 Å². The Morgan fingerprint density at radius 3 is 1.38 bits per heavy atom. The van der Waals surface area contributed by atoms with Crippen molar-refractivity contribution >= 4 is 115 Å². The van der Waals surface area contributed by atoms with Crippen LogP contribution in [0.2, 0.25) is 15.2 Å². The summed E-state index contributed by atoms with van der Waals surface area (Å²) in [6.07, 6.45) is 15.6. The molecule has 0 bridgehead atoms. The number of nitrogens with two attached hydrogens (primary N) is 8. The highest BCUT2D eigenvalue weighted by Gasteiger charge is 2.24. The van der Waals surface area contributed by atoms with E-state index in [0.29, 0.717) is 109 Å². The van der Waals surface area contributed by atoms with Crippen LogP contribution in [-0.2, 0) is 35.7 Å². The molecule has 1 aliphatic carbocycles. The summed E-state index contributed by atoms with van der Waals surface area (Å²) in [5, 5.41) is 56.2. The zero-order valence-electron chi connectivity index (χ0n) is 83.0. The highest BCUT2D eigenvalue weighted by atomic mass is 35.5. The number of benzene rings is 7. The number of hydrogen-bond acceptors (Lipinski definition) is 32. The lowest BCUT2D eigenvalue weighted by Gasteiger charge is -2.11. The van der Waals surface area contributed by atoms with Gasteiger partial charge in [0, 0.05) is 118 Å². The fraction of sp³-hybridized carbons (Fsp3) is 0.241. The largest absolute Gasteiger partial charge is 0.402 e. The first-order valence-corrected chi connectivity index (χ1v) is 49.4. The molecule has 38 heteroatoms. The minimum Gasteiger partial charge on any atom is -0.402 e. The van der Waals surface area contributed by atoms with Crippen LogP contribution >= 0.6 is 34.8 Å². The van der Waals surface area contributed by atoms with Crippen molar-refractivity contribution < 1.29 is 12.8 Å². The Balaban J connectivity index is 0.000000168. The van der Waals surface area contributed by atoms with Crippen LogP contribution in [0.3, 0.4) is 0 Å². The molecule has 0 unspecified atom stereocenters. The molecule has 0 spiro atoms. The SMILES string of the molecule is C#CCNc1cc(-c2cccc(Cl)c2Cl)nc(N)n1.CC(=N)/C(CCCc1cc(-c2cccc(C)c2C)nc(N)n1)=C(/C)N.Cc1c(C#N)cccc1-c1cc(NC2CC2)nc(N)n1.Cc1cc(-c2cc(NCCc3ccc(S(N)(=O)=O)cc3)nc(N)n2)c(C)cc1F.Cc1cccc(-c2cc(NCCCc3cc(C#N)ccn3)nc(N)n2)c1C.Cc1cccc(-c2cc(NCCCc3ccc(Cl)nn3)nc(N)n2)c1C. The number of primary sulfonamides is 1. The first-order valence-electron chi connectivity index (χ1n) is 46.7. The van der Waals surface area contributed by atoms with Gasteiger partial charge in [0.2, 0.25) is 45.7 Å². The number of halogens is 4. The quantitative estimate of drug-likeness (QED) is 0.0113. The van der Waals surface area contributed by atoms with Gasteiger partial charge in [-0.15, -0.1) is 11.5 Å². The Labute approximate surface area is 865 Å². The first kappa shape index (κ1) is 110. The summed E-state index contributed by atoms with van der Waals surface area (Å²) < 4.78 is 36.4. The zero-order chi connectivity index (χ0) is 105. The number of aromatic nitrogens is 15. The van der Waals surface area contributed by atoms with E-state index in [4.69, 9.17) is 102 Å². The molecule has 1 saturated carbocycles. The van der Waals surface area contributed by atoms with Crippen molar-refractivity contribution in [3.05, 3.63) is 310 Å². The molecule has 1 aliphatic rings. The van der Waals surface area contributed by atoms with E-state index in [2.05, 4.69) is 185 Å². The van der Waals surface area contributed by atoms with Gasteiger partial charge >= 0.3 is 0 Å². The van der Waals surface area contributed by atoms with Crippen LogP contribution in [0.1, 0.15) is 136 Å². The minimum atomic E-state index is -3.70. The molecule has 0 atom stereocenters. The van der Waals surface area contributed by atoms with E-state index in [1.165, 1.54) is 64.4 Å². The number of aryl methyl sites for hydroxylation is 8. The third kappa shape index (κ3) is 32.5. The summed E-state index contributed by atoms with van der Waals surface area (Å²) in [7, 11) is -3.70. The Morgan fingerprint density at radius 1 is 0.452 bits per heavy atom. The van der Waals surface area contributed by atoms with E-state index >= 15 is 0 Å². The van der Waals surface area contributed by atoms with Gasteiger partial charge in [-0.05, 0) is 268 Å². The van der Waals surface area contributed by atoms with Gasteiger partial charge in [-0.2, -0.15) is 40.5 Å². The lowest BCUT2D eigenvalue weighted by atomic mass is 9.99. The topological polar surface area (TPSA) is 567 Å². The second-order valence-corrected chi connectivity index (χ2v) is 37.2. The lowest BCUT2D eigenvalue weighted by Crippen LogP contribution is -2.12. The molecule has 7 aromatic carbocycles. The molecule has 8 heterocycles. The maximum atomic E-state index is 13.7. The molecular formula is C108H117Cl3FN31O2S. The van der Waals surface area contributed by atoms with Crippen molar-refractivity contribution in [2.75, 3.05) is 87.2 Å². The van der Waals surface area contributed by atoms with E-state index < -0.39 is 10.0 Å². The third-order valence-corrected chi connectivity index (χ3v) is 25.4. The van der Waals surface area contributed by atoms with Crippen LogP contribution in [0.4, 0.5) is 69.2 Å². The van der Waals surface area contributed by atoms with E-state index in [-0.39, 0.29) is 40.5 Å². The van der Waals surface area contributed by atoms with Crippen molar-refractivity contribution in [1.82, 2.24) is 75.0 Å². The molecular weight excluding hydrogens is 1920 g/mol. The second kappa shape index (κ2) is 52.5. The van der Waals surface area contributed by atoms with Gasteiger partial charge in [-0.3, -0.25) is 4.98 Å². The van der Waals surface area contributed by atoms with Gasteiger partial charge in [0.25, 0.3) is 0 Å². The zero-order valence-corrected chi connectivity index (χ0v) is 86.1. The highest BCUT2D eigenvalue weighted by Crippen LogP contribution is 2.37. The Morgan fingerprint density at radius 2 is 0.897 bits per heavy atom. The van der Waals surface area contributed by atoms with Crippen LogP contribution in [-0.4, -0.2) is 121 Å².